The summed E-state index contributed by atoms with van der Waals surface area (Å²) in [6, 6.07) is 47.0. The Balaban J connectivity index is 1.43. The summed E-state index contributed by atoms with van der Waals surface area (Å²) in [7, 11) is 0. The van der Waals surface area contributed by atoms with Crippen LogP contribution in [0.1, 0.15) is 0 Å². The number of nitrogens with zero attached hydrogens (tertiary/aromatic N) is 1. The van der Waals surface area contributed by atoms with Crippen molar-refractivity contribution in [2.45, 2.75) is 0 Å². The Morgan fingerprint density at radius 2 is 0.703 bits per heavy atom. The van der Waals surface area contributed by atoms with Crippen molar-refractivity contribution in [3.8, 4) is 11.1 Å². The minimum absolute atomic E-state index is 1.26. The van der Waals surface area contributed by atoms with Crippen LogP contribution in [-0.2, 0) is 0 Å². The Morgan fingerprint density at radius 3 is 1.24 bits per heavy atom. The van der Waals surface area contributed by atoms with Gasteiger partial charge in [0.25, 0.3) is 0 Å². The zero-order chi connectivity index (χ0) is 24.1. The third-order valence-corrected chi connectivity index (χ3v) is 8.28. The van der Waals surface area contributed by atoms with Gasteiger partial charge < -0.3 is 4.40 Å². The summed E-state index contributed by atoms with van der Waals surface area (Å²) in [5.74, 6) is 0. The van der Waals surface area contributed by atoms with Gasteiger partial charge in [-0.2, -0.15) is 0 Å². The number of para-hydroxylation sites is 2. The first kappa shape index (κ1) is 19.3. The molecule has 0 N–H and O–H groups in total. The van der Waals surface area contributed by atoms with E-state index in [2.05, 4.69) is 132 Å². The summed E-state index contributed by atoms with van der Waals surface area (Å²) in [5.41, 5.74) is 6.39. The molecule has 2 heterocycles. The van der Waals surface area contributed by atoms with Crippen molar-refractivity contribution in [1.29, 1.82) is 0 Å². The Kier molecular flexibility index (Phi) is 3.59. The summed E-state index contributed by atoms with van der Waals surface area (Å²) in [4.78, 5) is 0. The second-order valence-corrected chi connectivity index (χ2v) is 10.1. The molecule has 0 atom stereocenters. The highest BCUT2D eigenvalue weighted by molar-refractivity contribution is 6.27. The number of hydrogen-bond donors (Lipinski definition) is 0. The van der Waals surface area contributed by atoms with Crippen LogP contribution in [0.15, 0.2) is 127 Å². The van der Waals surface area contributed by atoms with Crippen molar-refractivity contribution in [2.24, 2.45) is 0 Å². The lowest BCUT2D eigenvalue weighted by Gasteiger charge is -2.12. The highest BCUT2D eigenvalue weighted by atomic mass is 14.9. The third-order valence-electron chi connectivity index (χ3n) is 8.28. The molecule has 0 saturated carbocycles. The normalized spacial score (nSPS) is 12.3. The van der Waals surface area contributed by atoms with E-state index in [0.717, 1.165) is 0 Å². The van der Waals surface area contributed by atoms with Crippen LogP contribution in [0.4, 0.5) is 0 Å². The van der Waals surface area contributed by atoms with Gasteiger partial charge in [0, 0.05) is 21.5 Å². The van der Waals surface area contributed by atoms with Gasteiger partial charge in [-0.1, -0.05) is 97.1 Å². The average Bonchev–Trinajstić information content (AvgIpc) is 3.49. The lowest BCUT2D eigenvalue weighted by atomic mass is 9.91. The SMILES string of the molecule is c1ccc2c(c1)c1ccccc1c1cc(-c3cc4c5ccccc5n5c6ccccc6c(c3)c45)ccc21. The van der Waals surface area contributed by atoms with Gasteiger partial charge in [0.05, 0.1) is 16.6 Å². The van der Waals surface area contributed by atoms with Gasteiger partial charge in [-0.3, -0.25) is 0 Å². The highest BCUT2D eigenvalue weighted by Crippen LogP contribution is 2.43. The van der Waals surface area contributed by atoms with E-state index in [-0.39, 0.29) is 0 Å². The monoisotopic (exact) mass is 467 g/mol. The minimum atomic E-state index is 1.26. The molecule has 0 amide bonds. The molecule has 0 aliphatic rings. The van der Waals surface area contributed by atoms with E-state index in [1.807, 2.05) is 0 Å². The maximum atomic E-state index is 2.44. The van der Waals surface area contributed by atoms with Crippen LogP contribution in [0, 0.1) is 0 Å². The van der Waals surface area contributed by atoms with Gasteiger partial charge in [0.1, 0.15) is 0 Å². The minimum Gasteiger partial charge on any atom is -0.308 e. The van der Waals surface area contributed by atoms with E-state index < -0.39 is 0 Å². The molecule has 7 aromatic carbocycles. The van der Waals surface area contributed by atoms with Gasteiger partial charge in [-0.25, -0.2) is 0 Å². The lowest BCUT2D eigenvalue weighted by Crippen LogP contribution is -1.85. The molecule has 0 bridgehead atoms. The van der Waals surface area contributed by atoms with Crippen LogP contribution in [0.25, 0.3) is 81.5 Å². The smallest absolute Gasteiger partial charge is 0.0620 e. The van der Waals surface area contributed by atoms with Crippen LogP contribution in [-0.4, -0.2) is 4.40 Å². The van der Waals surface area contributed by atoms with Crippen molar-refractivity contribution in [2.75, 3.05) is 0 Å². The van der Waals surface area contributed by atoms with Gasteiger partial charge in [0.15, 0.2) is 0 Å². The van der Waals surface area contributed by atoms with Gasteiger partial charge in [0.2, 0.25) is 0 Å². The van der Waals surface area contributed by atoms with Crippen molar-refractivity contribution in [3.63, 3.8) is 0 Å². The molecule has 0 aliphatic carbocycles. The number of fused-ring (bicyclic) bond motifs is 12. The van der Waals surface area contributed by atoms with Crippen molar-refractivity contribution in [3.05, 3.63) is 127 Å². The van der Waals surface area contributed by atoms with E-state index >= 15 is 0 Å². The van der Waals surface area contributed by atoms with E-state index in [0.29, 0.717) is 0 Å². The zero-order valence-corrected chi connectivity index (χ0v) is 20.1. The van der Waals surface area contributed by atoms with E-state index in [9.17, 15) is 0 Å². The molecule has 0 spiro atoms. The molecule has 37 heavy (non-hydrogen) atoms. The maximum absolute atomic E-state index is 2.44. The molecular weight excluding hydrogens is 446 g/mol. The van der Waals surface area contributed by atoms with Crippen molar-refractivity contribution in [1.82, 2.24) is 4.40 Å². The van der Waals surface area contributed by atoms with Gasteiger partial charge in [-0.15, -0.1) is 0 Å². The van der Waals surface area contributed by atoms with Gasteiger partial charge >= 0.3 is 0 Å². The molecule has 9 rings (SSSR count). The molecule has 1 nitrogen and oxygen atoms in total. The second-order valence-electron chi connectivity index (χ2n) is 10.1. The largest absolute Gasteiger partial charge is 0.308 e. The van der Waals surface area contributed by atoms with Gasteiger partial charge in [-0.05, 0) is 73.8 Å². The molecule has 2 aromatic heterocycles. The maximum Gasteiger partial charge on any atom is 0.0620 e. The Bertz CT molecular complexity index is 2230. The Morgan fingerprint density at radius 1 is 0.297 bits per heavy atom. The standard InChI is InChI=1S/C36H21N/c1-2-11-26-24(9-1)25-10-3-4-12-27(25)31-19-22(17-18-28(26)31)23-20-32-29-13-5-7-15-34(29)37-35-16-8-6-14-30(35)33(21-23)36(32)37/h1-21H. The first-order valence-corrected chi connectivity index (χ1v) is 12.9. The molecule has 170 valence electrons. The first-order valence-electron chi connectivity index (χ1n) is 12.9. The lowest BCUT2D eigenvalue weighted by molar-refractivity contribution is 1.37. The van der Waals surface area contributed by atoms with Crippen LogP contribution < -0.4 is 0 Å². The third kappa shape index (κ3) is 2.43. The Labute approximate surface area is 213 Å². The quantitative estimate of drug-likeness (QED) is 0.212. The van der Waals surface area contributed by atoms with Crippen molar-refractivity contribution < 1.29 is 0 Å². The van der Waals surface area contributed by atoms with Crippen LogP contribution in [0.2, 0.25) is 0 Å². The molecule has 0 unspecified atom stereocenters. The topological polar surface area (TPSA) is 4.41 Å². The average molecular weight is 468 g/mol. The first-order chi connectivity index (χ1) is 18.4. The molecule has 1 heteroatoms. The Hall–Kier alpha value is -4.88. The van der Waals surface area contributed by atoms with Crippen LogP contribution >= 0.6 is 0 Å². The second kappa shape index (κ2) is 6.87. The fraction of sp³-hybridized carbons (Fsp3) is 0. The summed E-state index contributed by atoms with van der Waals surface area (Å²) >= 11 is 0. The fourth-order valence-corrected chi connectivity index (χ4v) is 6.70. The molecule has 0 aliphatic heterocycles. The zero-order valence-electron chi connectivity index (χ0n) is 20.1. The number of benzene rings is 7. The van der Waals surface area contributed by atoms with E-state index in [1.54, 1.807) is 0 Å². The van der Waals surface area contributed by atoms with Crippen LogP contribution in [0.5, 0.6) is 0 Å². The summed E-state index contributed by atoms with van der Waals surface area (Å²) < 4.78 is 2.44. The summed E-state index contributed by atoms with van der Waals surface area (Å²) in [6.45, 7) is 0. The molecule has 0 fully saturated rings. The summed E-state index contributed by atoms with van der Waals surface area (Å²) in [6.07, 6.45) is 0. The molecule has 0 radical (unpaired) electrons. The van der Waals surface area contributed by atoms with E-state index in [1.165, 1.54) is 81.5 Å². The summed E-state index contributed by atoms with van der Waals surface area (Å²) in [5, 5.41) is 13.1. The number of aromatic nitrogens is 1. The predicted octanol–water partition coefficient (Wildman–Crippen LogP) is 9.96. The molecule has 0 saturated heterocycles. The van der Waals surface area contributed by atoms with Crippen LogP contribution in [0.3, 0.4) is 0 Å². The molecular formula is C36H21N. The predicted molar refractivity (Wildman–Crippen MR) is 159 cm³/mol. The highest BCUT2D eigenvalue weighted by Gasteiger charge is 2.18. The van der Waals surface area contributed by atoms with E-state index in [4.69, 9.17) is 0 Å². The number of hydrogen-bond acceptors (Lipinski definition) is 0. The number of rotatable bonds is 1. The van der Waals surface area contributed by atoms with Crippen molar-refractivity contribution >= 4 is 70.4 Å². The molecule has 9 aromatic rings. The fourth-order valence-electron chi connectivity index (χ4n) is 6.70.